The van der Waals surface area contributed by atoms with E-state index in [1.165, 1.54) is 20.4 Å². The largest absolute Gasteiger partial charge is 0.497 e. The molecule has 0 fully saturated rings. The highest BCUT2D eigenvalue weighted by molar-refractivity contribution is 7.90. The Balaban J connectivity index is 1.65. The maximum absolute atomic E-state index is 13.3. The van der Waals surface area contributed by atoms with Gasteiger partial charge >= 0.3 is 0 Å². The van der Waals surface area contributed by atoms with Crippen LogP contribution in [0.15, 0.2) is 77.8 Å². The zero-order chi connectivity index (χ0) is 24.3. The van der Waals surface area contributed by atoms with Crippen molar-refractivity contribution in [2.75, 3.05) is 19.5 Å². The summed E-state index contributed by atoms with van der Waals surface area (Å²) < 4.78 is 38.8. The molecule has 0 radical (unpaired) electrons. The lowest BCUT2D eigenvalue weighted by Gasteiger charge is -2.12. The summed E-state index contributed by atoms with van der Waals surface area (Å²) in [5.41, 5.74) is 1.60. The summed E-state index contributed by atoms with van der Waals surface area (Å²) in [5.74, 6) is 0.459. The van der Waals surface area contributed by atoms with Gasteiger partial charge in [-0.25, -0.2) is 8.42 Å². The Morgan fingerprint density at radius 1 is 1.00 bits per heavy atom. The van der Waals surface area contributed by atoms with Crippen LogP contribution in [0.25, 0.3) is 10.9 Å². The minimum atomic E-state index is -3.73. The van der Waals surface area contributed by atoms with E-state index < -0.39 is 9.84 Å². The summed E-state index contributed by atoms with van der Waals surface area (Å²) in [4.78, 5) is 13.0. The van der Waals surface area contributed by atoms with Gasteiger partial charge in [0.15, 0.2) is 9.84 Å². The Kier molecular flexibility index (Phi) is 6.81. The van der Waals surface area contributed by atoms with Crippen LogP contribution in [0.5, 0.6) is 11.5 Å². The second-order valence-electron chi connectivity index (χ2n) is 7.60. The molecule has 3 aromatic carbocycles. The number of aromatic nitrogens is 1. The quantitative estimate of drug-likeness (QED) is 0.372. The molecule has 4 rings (SSSR count). The van der Waals surface area contributed by atoms with Gasteiger partial charge in [-0.1, -0.05) is 48.0 Å². The summed E-state index contributed by atoms with van der Waals surface area (Å²) in [5, 5.41) is 3.75. The average molecular weight is 499 g/mol. The van der Waals surface area contributed by atoms with Crippen LogP contribution in [0.3, 0.4) is 0 Å². The first-order valence-corrected chi connectivity index (χ1v) is 12.4. The third-order valence-electron chi connectivity index (χ3n) is 5.39. The fraction of sp³-hybridized carbons (Fsp3) is 0.160. The molecule has 0 atom stereocenters. The van der Waals surface area contributed by atoms with E-state index in [4.69, 9.17) is 21.1 Å². The molecule has 1 heterocycles. The summed E-state index contributed by atoms with van der Waals surface area (Å²) in [6.07, 6.45) is 1.50. The number of carbonyl (C=O) groups is 1. The topological polar surface area (TPSA) is 86.6 Å². The number of carbonyl (C=O) groups excluding carboxylic acids is 1. The minimum absolute atomic E-state index is 0.0948. The first-order valence-electron chi connectivity index (χ1n) is 10.4. The third-order valence-corrected chi connectivity index (χ3v) is 7.44. The zero-order valence-corrected chi connectivity index (χ0v) is 20.2. The van der Waals surface area contributed by atoms with Gasteiger partial charge in [-0.05, 0) is 29.8 Å². The van der Waals surface area contributed by atoms with Crippen molar-refractivity contribution in [3.05, 3.63) is 83.5 Å². The molecule has 0 spiro atoms. The number of hydrogen-bond acceptors (Lipinski definition) is 5. The maximum atomic E-state index is 13.3. The first-order chi connectivity index (χ1) is 16.3. The van der Waals surface area contributed by atoms with Crippen molar-refractivity contribution in [2.24, 2.45) is 0 Å². The van der Waals surface area contributed by atoms with Gasteiger partial charge in [0, 0.05) is 28.2 Å². The number of sulfone groups is 1. The Morgan fingerprint density at radius 3 is 2.47 bits per heavy atom. The van der Waals surface area contributed by atoms with Gasteiger partial charge in [0.1, 0.15) is 18.0 Å². The summed E-state index contributed by atoms with van der Waals surface area (Å²) >= 11 is 6.19. The molecule has 0 saturated heterocycles. The lowest BCUT2D eigenvalue weighted by atomic mass is 10.2. The van der Waals surface area contributed by atoms with E-state index in [0.717, 1.165) is 0 Å². The van der Waals surface area contributed by atoms with E-state index in [0.29, 0.717) is 38.7 Å². The fourth-order valence-corrected chi connectivity index (χ4v) is 5.64. The predicted octanol–water partition coefficient (Wildman–Crippen LogP) is 4.92. The monoisotopic (exact) mass is 498 g/mol. The van der Waals surface area contributed by atoms with E-state index in [1.807, 2.05) is 0 Å². The van der Waals surface area contributed by atoms with E-state index in [9.17, 15) is 13.2 Å². The first kappa shape index (κ1) is 23.7. The smallest absolute Gasteiger partial charge is 0.244 e. The molecule has 176 valence electrons. The highest BCUT2D eigenvalue weighted by Crippen LogP contribution is 2.31. The van der Waals surface area contributed by atoms with Gasteiger partial charge in [-0.2, -0.15) is 0 Å². The molecule has 9 heteroatoms. The zero-order valence-electron chi connectivity index (χ0n) is 18.6. The second kappa shape index (κ2) is 9.79. The lowest BCUT2D eigenvalue weighted by molar-refractivity contribution is -0.116. The van der Waals surface area contributed by atoms with Crippen molar-refractivity contribution in [3.63, 3.8) is 0 Å². The highest BCUT2D eigenvalue weighted by Gasteiger charge is 2.23. The molecule has 0 unspecified atom stereocenters. The molecule has 0 aliphatic rings. The van der Waals surface area contributed by atoms with Gasteiger partial charge in [0.2, 0.25) is 5.91 Å². The number of methoxy groups -OCH3 is 2. The number of ether oxygens (including phenoxy) is 2. The summed E-state index contributed by atoms with van der Waals surface area (Å²) in [7, 11) is -0.691. The van der Waals surface area contributed by atoms with Crippen LogP contribution in [0.4, 0.5) is 5.69 Å². The average Bonchev–Trinajstić information content (AvgIpc) is 3.19. The van der Waals surface area contributed by atoms with Gasteiger partial charge in [-0.15, -0.1) is 0 Å². The molecule has 34 heavy (non-hydrogen) atoms. The van der Waals surface area contributed by atoms with E-state index in [1.54, 1.807) is 71.3 Å². The SMILES string of the molecule is COc1ccc(OC)c(NC(=O)Cn2cc(S(=O)(=O)Cc3ccccc3Cl)c3ccccc32)c1. The highest BCUT2D eigenvalue weighted by atomic mass is 35.5. The van der Waals surface area contributed by atoms with Crippen LogP contribution in [0.1, 0.15) is 5.56 Å². The maximum Gasteiger partial charge on any atom is 0.244 e. The summed E-state index contributed by atoms with van der Waals surface area (Å²) in [6, 6.07) is 19.0. The van der Waals surface area contributed by atoms with Crippen LogP contribution >= 0.6 is 11.6 Å². The van der Waals surface area contributed by atoms with Crippen molar-refractivity contribution < 1.29 is 22.7 Å². The standard InChI is InChI=1S/C25H23ClN2O5S/c1-32-18-11-12-23(33-2)21(13-18)27-25(29)15-28-14-24(19-8-4-6-10-22(19)28)34(30,31)16-17-7-3-5-9-20(17)26/h3-14H,15-16H2,1-2H3,(H,27,29). The van der Waals surface area contributed by atoms with Crippen LogP contribution in [0, 0.1) is 0 Å². The molecule has 0 aliphatic carbocycles. The van der Waals surface area contributed by atoms with Crippen molar-refractivity contribution in [3.8, 4) is 11.5 Å². The normalized spacial score (nSPS) is 11.4. The van der Waals surface area contributed by atoms with Crippen molar-refractivity contribution in [2.45, 2.75) is 17.2 Å². The van der Waals surface area contributed by atoms with Gasteiger partial charge < -0.3 is 19.4 Å². The summed E-state index contributed by atoms with van der Waals surface area (Å²) in [6.45, 7) is -0.0948. The number of nitrogens with zero attached hydrogens (tertiary/aromatic N) is 1. The Bertz CT molecular complexity index is 1460. The Labute approximate surface area is 202 Å². The molecule has 1 amide bonds. The van der Waals surface area contributed by atoms with Gasteiger partial charge in [0.05, 0.1) is 30.6 Å². The van der Waals surface area contributed by atoms with Crippen LogP contribution in [-0.2, 0) is 26.9 Å². The minimum Gasteiger partial charge on any atom is -0.497 e. The third kappa shape index (κ3) is 4.88. The number of hydrogen-bond donors (Lipinski definition) is 1. The number of amides is 1. The van der Waals surface area contributed by atoms with E-state index >= 15 is 0 Å². The number of rotatable bonds is 8. The molecular formula is C25H23ClN2O5S. The van der Waals surface area contributed by atoms with Gasteiger partial charge in [0.25, 0.3) is 0 Å². The molecule has 0 bridgehead atoms. The number of para-hydroxylation sites is 1. The van der Waals surface area contributed by atoms with Crippen molar-refractivity contribution >= 4 is 43.9 Å². The van der Waals surface area contributed by atoms with E-state index in [-0.39, 0.29) is 23.1 Å². The van der Waals surface area contributed by atoms with Crippen molar-refractivity contribution in [1.82, 2.24) is 4.57 Å². The number of halogens is 1. The number of anilines is 1. The number of nitrogens with one attached hydrogen (secondary N) is 1. The van der Waals surface area contributed by atoms with Crippen LogP contribution in [-0.4, -0.2) is 33.1 Å². The van der Waals surface area contributed by atoms with Crippen LogP contribution in [0.2, 0.25) is 5.02 Å². The van der Waals surface area contributed by atoms with E-state index in [2.05, 4.69) is 5.32 Å². The molecule has 1 N–H and O–H groups in total. The fourth-order valence-electron chi connectivity index (χ4n) is 3.75. The number of fused-ring (bicyclic) bond motifs is 1. The molecule has 0 saturated carbocycles. The molecule has 1 aromatic heterocycles. The molecule has 7 nitrogen and oxygen atoms in total. The Morgan fingerprint density at radius 2 is 1.74 bits per heavy atom. The number of benzene rings is 3. The Hall–Kier alpha value is -3.49. The molecular weight excluding hydrogens is 476 g/mol. The molecule has 4 aromatic rings. The lowest BCUT2D eigenvalue weighted by Crippen LogP contribution is -2.18. The van der Waals surface area contributed by atoms with Gasteiger partial charge in [-0.3, -0.25) is 4.79 Å². The second-order valence-corrected chi connectivity index (χ2v) is 9.97. The van der Waals surface area contributed by atoms with Crippen LogP contribution < -0.4 is 14.8 Å². The molecule has 0 aliphatic heterocycles. The van der Waals surface area contributed by atoms with Crippen molar-refractivity contribution in [1.29, 1.82) is 0 Å². The predicted molar refractivity (Wildman–Crippen MR) is 132 cm³/mol.